The Labute approximate surface area is 151 Å². The minimum Gasteiger partial charge on any atom is -0.423 e. The summed E-state index contributed by atoms with van der Waals surface area (Å²) >= 11 is 0. The standard InChI is InChI=1S/C18H28BNO4S/c21-19(22)15-11-13-18(14-12-15)25(23,24)20(16-7-3-1-4-8-16)17-9-5-2-6-10-17/h11-14,16-17,21-22H,1-10H2. The molecule has 0 amide bonds. The smallest absolute Gasteiger partial charge is 0.423 e. The van der Waals surface area contributed by atoms with Crippen LogP contribution in [0.15, 0.2) is 29.2 Å². The lowest BCUT2D eigenvalue weighted by molar-refractivity contribution is 0.169. The van der Waals surface area contributed by atoms with Crippen LogP contribution in [0.25, 0.3) is 0 Å². The summed E-state index contributed by atoms with van der Waals surface area (Å²) in [4.78, 5) is 0.257. The van der Waals surface area contributed by atoms with Gasteiger partial charge in [-0.05, 0) is 43.3 Å². The van der Waals surface area contributed by atoms with Gasteiger partial charge in [-0.25, -0.2) is 8.42 Å². The molecule has 2 aliphatic carbocycles. The van der Waals surface area contributed by atoms with Gasteiger partial charge in [0.2, 0.25) is 10.0 Å². The van der Waals surface area contributed by atoms with E-state index in [1.807, 2.05) is 4.31 Å². The Hall–Kier alpha value is -0.885. The number of hydrogen-bond donors (Lipinski definition) is 2. The van der Waals surface area contributed by atoms with Gasteiger partial charge in [-0.2, -0.15) is 4.31 Å². The second-order valence-electron chi connectivity index (χ2n) is 7.36. The maximum absolute atomic E-state index is 13.4. The monoisotopic (exact) mass is 365 g/mol. The van der Waals surface area contributed by atoms with Crippen LogP contribution in [0, 0.1) is 0 Å². The molecule has 2 N–H and O–H groups in total. The van der Waals surface area contributed by atoms with Gasteiger partial charge in [0.1, 0.15) is 0 Å². The minimum absolute atomic E-state index is 0.102. The molecule has 138 valence electrons. The first-order valence-corrected chi connectivity index (χ1v) is 10.9. The van der Waals surface area contributed by atoms with E-state index in [4.69, 9.17) is 0 Å². The van der Waals surface area contributed by atoms with E-state index in [1.165, 1.54) is 37.1 Å². The number of hydrogen-bond acceptors (Lipinski definition) is 4. The van der Waals surface area contributed by atoms with Gasteiger partial charge >= 0.3 is 7.12 Å². The van der Waals surface area contributed by atoms with E-state index < -0.39 is 17.1 Å². The van der Waals surface area contributed by atoms with Gasteiger partial charge in [-0.15, -0.1) is 0 Å². The Bertz CT molecular complexity index is 632. The van der Waals surface area contributed by atoms with Crippen LogP contribution in [-0.4, -0.2) is 42.0 Å². The van der Waals surface area contributed by atoms with Crippen molar-refractivity contribution in [1.82, 2.24) is 4.31 Å². The molecule has 0 radical (unpaired) electrons. The van der Waals surface area contributed by atoms with Crippen molar-refractivity contribution in [2.24, 2.45) is 0 Å². The van der Waals surface area contributed by atoms with E-state index in [-0.39, 0.29) is 17.0 Å². The molecule has 0 atom stereocenters. The Morgan fingerprint density at radius 1 is 0.800 bits per heavy atom. The first-order chi connectivity index (χ1) is 12.0. The molecule has 25 heavy (non-hydrogen) atoms. The molecule has 0 bridgehead atoms. The molecule has 0 aromatic heterocycles. The summed E-state index contributed by atoms with van der Waals surface area (Å²) in [6.45, 7) is 0. The van der Waals surface area contributed by atoms with E-state index in [0.29, 0.717) is 5.46 Å². The van der Waals surface area contributed by atoms with Crippen LogP contribution in [0.5, 0.6) is 0 Å². The van der Waals surface area contributed by atoms with Crippen LogP contribution in [0.3, 0.4) is 0 Å². The highest BCUT2D eigenvalue weighted by Gasteiger charge is 2.38. The van der Waals surface area contributed by atoms with Gasteiger partial charge in [0.15, 0.2) is 0 Å². The molecule has 2 fully saturated rings. The van der Waals surface area contributed by atoms with Crippen molar-refractivity contribution in [1.29, 1.82) is 0 Å². The third-order valence-corrected chi connectivity index (χ3v) is 7.64. The highest BCUT2D eigenvalue weighted by atomic mass is 32.2. The summed E-state index contributed by atoms with van der Waals surface area (Å²) in [6.07, 6.45) is 10.6. The van der Waals surface area contributed by atoms with Crippen LogP contribution in [0.1, 0.15) is 64.2 Å². The van der Waals surface area contributed by atoms with E-state index >= 15 is 0 Å². The van der Waals surface area contributed by atoms with Crippen molar-refractivity contribution in [2.45, 2.75) is 81.2 Å². The molecule has 2 saturated carbocycles. The zero-order valence-corrected chi connectivity index (χ0v) is 15.5. The molecule has 0 aliphatic heterocycles. The Morgan fingerprint density at radius 2 is 1.24 bits per heavy atom. The highest BCUT2D eigenvalue weighted by molar-refractivity contribution is 7.89. The van der Waals surface area contributed by atoms with Gasteiger partial charge in [-0.1, -0.05) is 50.7 Å². The minimum atomic E-state index is -3.57. The van der Waals surface area contributed by atoms with E-state index in [9.17, 15) is 18.5 Å². The molecular weight excluding hydrogens is 337 g/mol. The summed E-state index contributed by atoms with van der Waals surface area (Å²) in [5.41, 5.74) is 0.306. The maximum Gasteiger partial charge on any atom is 0.488 e. The zero-order chi connectivity index (χ0) is 17.9. The summed E-state index contributed by atoms with van der Waals surface area (Å²) in [5.74, 6) is 0. The largest absolute Gasteiger partial charge is 0.488 e. The summed E-state index contributed by atoms with van der Waals surface area (Å²) in [7, 11) is -5.15. The molecule has 0 heterocycles. The third-order valence-electron chi connectivity index (χ3n) is 5.62. The second-order valence-corrected chi connectivity index (χ2v) is 9.20. The Balaban J connectivity index is 1.91. The van der Waals surface area contributed by atoms with Crippen LogP contribution in [-0.2, 0) is 10.0 Å². The summed E-state index contributed by atoms with van der Waals surface area (Å²) in [5, 5.41) is 18.5. The van der Waals surface area contributed by atoms with Crippen LogP contribution >= 0.6 is 0 Å². The second kappa shape index (κ2) is 8.21. The highest BCUT2D eigenvalue weighted by Crippen LogP contribution is 2.34. The van der Waals surface area contributed by atoms with Gasteiger partial charge in [-0.3, -0.25) is 0 Å². The topological polar surface area (TPSA) is 77.8 Å². The molecule has 0 saturated heterocycles. The average molecular weight is 365 g/mol. The van der Waals surface area contributed by atoms with Crippen molar-refractivity contribution < 1.29 is 18.5 Å². The van der Waals surface area contributed by atoms with E-state index in [0.717, 1.165) is 51.4 Å². The van der Waals surface area contributed by atoms with E-state index in [1.54, 1.807) is 0 Å². The predicted molar refractivity (Wildman–Crippen MR) is 99.0 cm³/mol. The third kappa shape index (κ3) is 4.27. The fraction of sp³-hybridized carbons (Fsp3) is 0.667. The van der Waals surface area contributed by atoms with Crippen molar-refractivity contribution >= 4 is 22.6 Å². The van der Waals surface area contributed by atoms with Gasteiger partial charge in [0.25, 0.3) is 0 Å². The lowest BCUT2D eigenvalue weighted by atomic mass is 9.81. The number of sulfonamides is 1. The van der Waals surface area contributed by atoms with Gasteiger partial charge < -0.3 is 10.0 Å². The Morgan fingerprint density at radius 3 is 1.64 bits per heavy atom. The van der Waals surface area contributed by atoms with E-state index in [2.05, 4.69) is 0 Å². The molecule has 1 aromatic rings. The molecule has 0 spiro atoms. The molecule has 0 unspecified atom stereocenters. The van der Waals surface area contributed by atoms with Crippen molar-refractivity contribution in [3.63, 3.8) is 0 Å². The molecular formula is C18H28BNO4S. The average Bonchev–Trinajstić information content (AvgIpc) is 2.63. The number of rotatable bonds is 5. The van der Waals surface area contributed by atoms with Crippen molar-refractivity contribution in [3.05, 3.63) is 24.3 Å². The maximum atomic E-state index is 13.4. The number of nitrogens with zero attached hydrogens (tertiary/aromatic N) is 1. The quantitative estimate of drug-likeness (QED) is 0.783. The SMILES string of the molecule is O=S(=O)(c1ccc(B(O)O)cc1)N(C1CCCCC1)C1CCCCC1. The fourth-order valence-corrected chi connectivity index (χ4v) is 6.23. The van der Waals surface area contributed by atoms with Crippen LogP contribution in [0.4, 0.5) is 0 Å². The first-order valence-electron chi connectivity index (χ1n) is 9.50. The normalized spacial score (nSPS) is 20.8. The number of benzene rings is 1. The van der Waals surface area contributed by atoms with Crippen LogP contribution < -0.4 is 5.46 Å². The van der Waals surface area contributed by atoms with Crippen molar-refractivity contribution in [2.75, 3.05) is 0 Å². The fourth-order valence-electron chi connectivity index (χ4n) is 4.30. The molecule has 5 nitrogen and oxygen atoms in total. The molecule has 3 rings (SSSR count). The summed E-state index contributed by atoms with van der Waals surface area (Å²) < 4.78 is 28.6. The zero-order valence-electron chi connectivity index (χ0n) is 14.7. The molecule has 7 heteroatoms. The lowest BCUT2D eigenvalue weighted by Crippen LogP contribution is -2.48. The molecule has 1 aromatic carbocycles. The summed E-state index contributed by atoms with van der Waals surface area (Å²) in [6, 6.07) is 6.18. The predicted octanol–water partition coefficient (Wildman–Crippen LogP) is 2.02. The molecule has 2 aliphatic rings. The first kappa shape index (κ1) is 18.9. The van der Waals surface area contributed by atoms with Gasteiger partial charge in [0, 0.05) is 12.1 Å². The van der Waals surface area contributed by atoms with Gasteiger partial charge in [0.05, 0.1) is 4.90 Å². The van der Waals surface area contributed by atoms with Crippen molar-refractivity contribution in [3.8, 4) is 0 Å². The Kier molecular flexibility index (Phi) is 6.20. The lowest BCUT2D eigenvalue weighted by Gasteiger charge is -2.40. The van der Waals surface area contributed by atoms with Crippen LogP contribution in [0.2, 0.25) is 0 Å².